The number of methoxy groups -OCH3 is 1. The molecule has 0 radical (unpaired) electrons. The lowest BCUT2D eigenvalue weighted by Crippen LogP contribution is -2.30. The number of ether oxygens (including phenoxy) is 1. The third kappa shape index (κ3) is 4.33. The summed E-state index contributed by atoms with van der Waals surface area (Å²) >= 11 is 2.90. The Morgan fingerprint density at radius 3 is 2.70 bits per heavy atom. The van der Waals surface area contributed by atoms with Gasteiger partial charge < -0.3 is 14.9 Å². The molecule has 0 bridgehead atoms. The Morgan fingerprint density at radius 2 is 2.03 bits per heavy atom. The molecule has 1 aliphatic rings. The van der Waals surface area contributed by atoms with Crippen LogP contribution in [0.5, 0.6) is 5.75 Å². The van der Waals surface area contributed by atoms with Crippen LogP contribution in [0.1, 0.15) is 50.2 Å². The van der Waals surface area contributed by atoms with E-state index in [1.54, 1.807) is 31.7 Å². The van der Waals surface area contributed by atoms with Gasteiger partial charge in [-0.3, -0.25) is 9.71 Å². The van der Waals surface area contributed by atoms with E-state index in [4.69, 9.17) is 4.74 Å². The molecule has 3 aromatic heterocycles. The summed E-state index contributed by atoms with van der Waals surface area (Å²) in [5, 5.41) is 25.2. The fourth-order valence-electron chi connectivity index (χ4n) is 3.52. The minimum Gasteiger partial charge on any atom is -0.494 e. The van der Waals surface area contributed by atoms with Gasteiger partial charge in [-0.1, -0.05) is 11.3 Å². The van der Waals surface area contributed by atoms with E-state index < -0.39 is 5.60 Å². The Kier molecular flexibility index (Phi) is 6.04. The average Bonchev–Trinajstić information content (AvgIpc) is 3.24. The van der Waals surface area contributed by atoms with Gasteiger partial charge in [0.2, 0.25) is 4.96 Å². The van der Waals surface area contributed by atoms with Crippen molar-refractivity contribution in [1.82, 2.24) is 24.3 Å². The second-order valence-electron chi connectivity index (χ2n) is 8.15. The van der Waals surface area contributed by atoms with Crippen LogP contribution < -0.4 is 9.46 Å². The molecule has 3 N–H and O–H groups in total. The van der Waals surface area contributed by atoms with Gasteiger partial charge in [0.05, 0.1) is 35.7 Å². The van der Waals surface area contributed by atoms with Gasteiger partial charge in [0.15, 0.2) is 5.75 Å². The lowest BCUT2D eigenvalue weighted by molar-refractivity contribution is 0.0773. The van der Waals surface area contributed by atoms with Gasteiger partial charge in [-0.05, 0) is 64.5 Å². The standard InChI is InChI=1S/C20H27N5O3S2/c1-11-17(25-19(22-11)29-18(23-25)20(2,3)27)14-9-16(15(28-4)10-21-14)30-24-12-5-7-13(26)8-6-12/h9-10,12-13,24,26-27H,5-8H2,1-4H3. The molecular formula is C20H27N5O3S2. The summed E-state index contributed by atoms with van der Waals surface area (Å²) in [5.74, 6) is 0.695. The molecule has 0 unspecified atom stereocenters. The molecule has 0 aromatic carbocycles. The van der Waals surface area contributed by atoms with E-state index in [2.05, 4.69) is 19.8 Å². The van der Waals surface area contributed by atoms with Crippen LogP contribution >= 0.6 is 23.3 Å². The zero-order valence-corrected chi connectivity index (χ0v) is 19.2. The Bertz CT molecular complexity index is 1040. The number of nitrogens with zero attached hydrogens (tertiary/aromatic N) is 4. The van der Waals surface area contributed by atoms with Gasteiger partial charge in [0.1, 0.15) is 16.3 Å². The Labute approximate surface area is 183 Å². The lowest BCUT2D eigenvalue weighted by Gasteiger charge is -2.25. The van der Waals surface area contributed by atoms with Crippen molar-refractivity contribution in [2.45, 2.75) is 69.1 Å². The van der Waals surface area contributed by atoms with Gasteiger partial charge in [-0.2, -0.15) is 5.10 Å². The average molecular weight is 450 g/mol. The molecule has 3 aromatic rings. The number of aromatic nitrogens is 4. The van der Waals surface area contributed by atoms with Crippen LogP contribution in [-0.4, -0.2) is 49.1 Å². The lowest BCUT2D eigenvalue weighted by atomic mass is 9.94. The number of pyridine rings is 1. The number of nitrogens with one attached hydrogen (secondary N) is 1. The summed E-state index contributed by atoms with van der Waals surface area (Å²) in [4.78, 5) is 10.9. The van der Waals surface area contributed by atoms with Crippen LogP contribution in [0.4, 0.5) is 0 Å². The number of aliphatic hydroxyl groups excluding tert-OH is 1. The number of imidazole rings is 1. The smallest absolute Gasteiger partial charge is 0.213 e. The van der Waals surface area contributed by atoms with Crippen LogP contribution in [0.15, 0.2) is 17.2 Å². The molecule has 1 saturated carbocycles. The normalized spacial score (nSPS) is 20.1. The quantitative estimate of drug-likeness (QED) is 0.493. The van der Waals surface area contributed by atoms with Crippen LogP contribution in [-0.2, 0) is 5.60 Å². The predicted molar refractivity (Wildman–Crippen MR) is 118 cm³/mol. The van der Waals surface area contributed by atoms with Crippen molar-refractivity contribution >= 4 is 28.2 Å². The van der Waals surface area contributed by atoms with E-state index in [1.165, 1.54) is 23.3 Å². The van der Waals surface area contributed by atoms with E-state index in [1.807, 2.05) is 13.0 Å². The van der Waals surface area contributed by atoms with E-state index in [9.17, 15) is 10.2 Å². The molecule has 30 heavy (non-hydrogen) atoms. The number of aliphatic hydroxyl groups is 2. The topological polar surface area (TPSA) is 105 Å². The van der Waals surface area contributed by atoms with Crippen LogP contribution in [0.2, 0.25) is 0 Å². The number of hydrogen-bond donors (Lipinski definition) is 3. The van der Waals surface area contributed by atoms with Crippen LogP contribution in [0.3, 0.4) is 0 Å². The molecule has 162 valence electrons. The molecule has 0 spiro atoms. The largest absolute Gasteiger partial charge is 0.494 e. The highest BCUT2D eigenvalue weighted by Crippen LogP contribution is 2.35. The Balaban J connectivity index is 1.64. The monoisotopic (exact) mass is 449 g/mol. The van der Waals surface area contributed by atoms with Crippen molar-refractivity contribution in [2.75, 3.05) is 7.11 Å². The first kappa shape index (κ1) is 21.5. The van der Waals surface area contributed by atoms with E-state index >= 15 is 0 Å². The van der Waals surface area contributed by atoms with Gasteiger partial charge in [-0.15, -0.1) is 0 Å². The molecule has 10 heteroatoms. The van der Waals surface area contributed by atoms with E-state index in [-0.39, 0.29) is 6.10 Å². The van der Waals surface area contributed by atoms with Crippen molar-refractivity contribution in [3.05, 3.63) is 23.0 Å². The fraction of sp³-hybridized carbons (Fsp3) is 0.550. The van der Waals surface area contributed by atoms with Gasteiger partial charge in [0, 0.05) is 6.04 Å². The molecule has 1 fully saturated rings. The third-order valence-electron chi connectivity index (χ3n) is 5.23. The first-order valence-electron chi connectivity index (χ1n) is 10.00. The highest BCUT2D eigenvalue weighted by molar-refractivity contribution is 7.97. The van der Waals surface area contributed by atoms with Gasteiger partial charge >= 0.3 is 0 Å². The molecule has 3 heterocycles. The Morgan fingerprint density at radius 1 is 1.30 bits per heavy atom. The molecular weight excluding hydrogens is 422 g/mol. The maximum absolute atomic E-state index is 10.3. The Hall–Kier alpha value is -1.72. The number of hydrogen-bond acceptors (Lipinski definition) is 9. The minimum atomic E-state index is -1.03. The number of fused-ring (bicyclic) bond motifs is 1. The van der Waals surface area contributed by atoms with Crippen molar-refractivity contribution in [3.63, 3.8) is 0 Å². The fourth-order valence-corrected chi connectivity index (χ4v) is 5.40. The zero-order valence-electron chi connectivity index (χ0n) is 17.5. The maximum Gasteiger partial charge on any atom is 0.213 e. The SMILES string of the molecule is COc1cnc(-c2c(C)nc3sc(C(C)(C)O)nn23)cc1SNC1CCC(O)CC1. The highest BCUT2D eigenvalue weighted by Gasteiger charge is 2.25. The summed E-state index contributed by atoms with van der Waals surface area (Å²) in [6.07, 6.45) is 5.11. The van der Waals surface area contributed by atoms with Crippen molar-refractivity contribution < 1.29 is 14.9 Å². The molecule has 8 nitrogen and oxygen atoms in total. The van der Waals surface area contributed by atoms with Gasteiger partial charge in [-0.25, -0.2) is 9.50 Å². The number of aryl methyl sites for hydroxylation is 1. The predicted octanol–water partition coefficient (Wildman–Crippen LogP) is 3.30. The minimum absolute atomic E-state index is 0.172. The summed E-state index contributed by atoms with van der Waals surface area (Å²) in [6.45, 7) is 5.37. The second kappa shape index (κ2) is 8.43. The highest BCUT2D eigenvalue weighted by atomic mass is 32.2. The summed E-state index contributed by atoms with van der Waals surface area (Å²) in [7, 11) is 1.63. The second-order valence-corrected chi connectivity index (χ2v) is 9.99. The first-order valence-corrected chi connectivity index (χ1v) is 11.6. The maximum atomic E-state index is 10.3. The van der Waals surface area contributed by atoms with E-state index in [0.717, 1.165) is 52.6 Å². The molecule has 4 rings (SSSR count). The zero-order chi connectivity index (χ0) is 21.5. The van der Waals surface area contributed by atoms with Crippen molar-refractivity contribution in [2.24, 2.45) is 0 Å². The summed E-state index contributed by atoms with van der Waals surface area (Å²) in [6, 6.07) is 2.34. The molecule has 0 aliphatic heterocycles. The van der Waals surface area contributed by atoms with Crippen LogP contribution in [0.25, 0.3) is 16.3 Å². The first-order chi connectivity index (χ1) is 14.3. The number of rotatable bonds is 6. The van der Waals surface area contributed by atoms with Gasteiger partial charge in [0.25, 0.3) is 0 Å². The van der Waals surface area contributed by atoms with Crippen molar-refractivity contribution in [3.8, 4) is 17.1 Å². The molecule has 0 atom stereocenters. The third-order valence-corrected chi connectivity index (χ3v) is 7.44. The van der Waals surface area contributed by atoms with E-state index in [0.29, 0.717) is 16.8 Å². The van der Waals surface area contributed by atoms with Crippen LogP contribution in [0, 0.1) is 6.92 Å². The molecule has 1 aliphatic carbocycles. The van der Waals surface area contributed by atoms with Crippen molar-refractivity contribution in [1.29, 1.82) is 0 Å². The summed E-state index contributed by atoms with van der Waals surface area (Å²) in [5.41, 5.74) is 1.36. The molecule has 0 saturated heterocycles. The molecule has 0 amide bonds. The summed E-state index contributed by atoms with van der Waals surface area (Å²) < 4.78 is 10.8.